The molecule has 0 bridgehead atoms. The van der Waals surface area contributed by atoms with Crippen LogP contribution in [0.1, 0.15) is 51.0 Å². The van der Waals surface area contributed by atoms with Crippen molar-refractivity contribution in [3.63, 3.8) is 0 Å². The Morgan fingerprint density at radius 3 is 2.48 bits per heavy atom. The second-order valence-corrected chi connectivity index (χ2v) is 7.43. The molecular formula is C22H34N2O3. The lowest BCUT2D eigenvalue weighted by Gasteiger charge is -2.39. The average Bonchev–Trinajstić information content (AvgIpc) is 2.92. The van der Waals surface area contributed by atoms with Crippen molar-refractivity contribution in [2.45, 2.75) is 51.0 Å². The predicted octanol–water partition coefficient (Wildman–Crippen LogP) is 3.88. The summed E-state index contributed by atoms with van der Waals surface area (Å²) in [5, 5.41) is 3.11. The maximum atomic E-state index is 12.4. The minimum Gasteiger partial charge on any atom is -0.493 e. The average molecular weight is 375 g/mol. The number of likely N-dealkylation sites (N-methyl/N-ethyl adjacent to an activating group) is 1. The normalized spacial score (nSPS) is 16.9. The topological polar surface area (TPSA) is 50.8 Å². The van der Waals surface area contributed by atoms with E-state index in [1.807, 2.05) is 31.2 Å². The molecule has 150 valence electrons. The van der Waals surface area contributed by atoms with E-state index in [9.17, 15) is 4.79 Å². The molecule has 0 aliphatic heterocycles. The maximum Gasteiger partial charge on any atom is 0.244 e. The minimum atomic E-state index is -0.0609. The first-order valence-electron chi connectivity index (χ1n) is 9.95. The molecule has 1 aliphatic carbocycles. The van der Waals surface area contributed by atoms with Crippen molar-refractivity contribution in [1.29, 1.82) is 0 Å². The number of benzene rings is 1. The van der Waals surface area contributed by atoms with Crippen LogP contribution in [0.4, 0.5) is 0 Å². The van der Waals surface area contributed by atoms with E-state index >= 15 is 0 Å². The number of methoxy groups -OCH3 is 1. The number of hydrogen-bond donors (Lipinski definition) is 1. The Morgan fingerprint density at radius 2 is 1.89 bits per heavy atom. The smallest absolute Gasteiger partial charge is 0.244 e. The lowest BCUT2D eigenvalue weighted by molar-refractivity contribution is -0.117. The van der Waals surface area contributed by atoms with E-state index in [2.05, 4.69) is 24.3 Å². The highest BCUT2D eigenvalue weighted by Crippen LogP contribution is 2.31. The van der Waals surface area contributed by atoms with Crippen LogP contribution in [0.2, 0.25) is 0 Å². The van der Waals surface area contributed by atoms with Gasteiger partial charge in [-0.05, 0) is 57.6 Å². The van der Waals surface area contributed by atoms with E-state index in [0.29, 0.717) is 24.7 Å². The van der Waals surface area contributed by atoms with E-state index < -0.39 is 0 Å². The first-order chi connectivity index (χ1) is 13.0. The van der Waals surface area contributed by atoms with E-state index in [1.165, 1.54) is 25.7 Å². The van der Waals surface area contributed by atoms with Crippen molar-refractivity contribution < 1.29 is 14.3 Å². The van der Waals surface area contributed by atoms with Gasteiger partial charge in [-0.1, -0.05) is 31.7 Å². The van der Waals surface area contributed by atoms with Gasteiger partial charge in [0.15, 0.2) is 11.5 Å². The Morgan fingerprint density at radius 1 is 1.19 bits per heavy atom. The van der Waals surface area contributed by atoms with Crippen molar-refractivity contribution in [3.05, 3.63) is 29.8 Å². The lowest BCUT2D eigenvalue weighted by atomic mass is 9.88. The summed E-state index contributed by atoms with van der Waals surface area (Å²) < 4.78 is 10.9. The molecular weight excluding hydrogens is 340 g/mol. The highest BCUT2D eigenvalue weighted by atomic mass is 16.5. The lowest BCUT2D eigenvalue weighted by Crippen LogP contribution is -2.52. The standard InChI is InChI=1S/C22H34N2O3/c1-5-27-20-16-18(10-12-19(20)26-4)11-13-21(25)23-17-22(24(2)3)14-8-6-7-9-15-22/h10-13,16H,5-9,14-15,17H2,1-4H3,(H,23,25)/b13-11-. The van der Waals surface area contributed by atoms with Crippen LogP contribution in [0.15, 0.2) is 24.3 Å². The van der Waals surface area contributed by atoms with Gasteiger partial charge in [0.1, 0.15) is 0 Å². The molecule has 1 N–H and O–H groups in total. The first-order valence-corrected chi connectivity index (χ1v) is 9.95. The zero-order valence-electron chi connectivity index (χ0n) is 17.2. The first kappa shape index (κ1) is 21.3. The summed E-state index contributed by atoms with van der Waals surface area (Å²) in [5.74, 6) is 1.32. The molecule has 0 radical (unpaired) electrons. The predicted molar refractivity (Wildman–Crippen MR) is 110 cm³/mol. The summed E-state index contributed by atoms with van der Waals surface area (Å²) in [4.78, 5) is 14.7. The van der Waals surface area contributed by atoms with Gasteiger partial charge in [-0.25, -0.2) is 0 Å². The number of rotatable bonds is 8. The van der Waals surface area contributed by atoms with Crippen LogP contribution in [0.3, 0.4) is 0 Å². The number of nitrogens with zero attached hydrogens (tertiary/aromatic N) is 1. The fourth-order valence-electron chi connectivity index (χ4n) is 3.72. The van der Waals surface area contributed by atoms with Crippen LogP contribution >= 0.6 is 0 Å². The van der Waals surface area contributed by atoms with Crippen molar-refractivity contribution in [1.82, 2.24) is 10.2 Å². The fourth-order valence-corrected chi connectivity index (χ4v) is 3.72. The second-order valence-electron chi connectivity index (χ2n) is 7.43. The number of nitrogens with one attached hydrogen (secondary N) is 1. The van der Waals surface area contributed by atoms with Crippen molar-refractivity contribution in [3.8, 4) is 11.5 Å². The molecule has 0 unspecified atom stereocenters. The fraction of sp³-hybridized carbons (Fsp3) is 0.591. The van der Waals surface area contributed by atoms with Crippen LogP contribution in [0.25, 0.3) is 6.08 Å². The molecule has 1 aromatic carbocycles. The molecule has 0 atom stereocenters. The Kier molecular flexibility index (Phi) is 8.17. The van der Waals surface area contributed by atoms with Crippen LogP contribution in [0.5, 0.6) is 11.5 Å². The van der Waals surface area contributed by atoms with Gasteiger partial charge in [-0.15, -0.1) is 0 Å². The molecule has 5 nitrogen and oxygen atoms in total. The van der Waals surface area contributed by atoms with E-state index in [-0.39, 0.29) is 11.4 Å². The van der Waals surface area contributed by atoms with Gasteiger partial charge >= 0.3 is 0 Å². The van der Waals surface area contributed by atoms with Gasteiger partial charge in [0.05, 0.1) is 13.7 Å². The largest absolute Gasteiger partial charge is 0.493 e. The summed E-state index contributed by atoms with van der Waals surface area (Å²) >= 11 is 0. The summed E-state index contributed by atoms with van der Waals surface area (Å²) in [5.41, 5.74) is 0.980. The third-order valence-corrected chi connectivity index (χ3v) is 5.49. The quantitative estimate of drug-likeness (QED) is 0.554. The summed E-state index contributed by atoms with van der Waals surface area (Å²) in [6.45, 7) is 3.19. The zero-order valence-corrected chi connectivity index (χ0v) is 17.2. The molecule has 1 fully saturated rings. The molecule has 1 aromatic rings. The van der Waals surface area contributed by atoms with Crippen molar-refractivity contribution >= 4 is 12.0 Å². The molecule has 1 aliphatic rings. The summed E-state index contributed by atoms with van der Waals surface area (Å²) in [6, 6.07) is 5.66. The molecule has 0 heterocycles. The van der Waals surface area contributed by atoms with Gasteiger partial charge in [0.2, 0.25) is 5.91 Å². The Balaban J connectivity index is 1.99. The maximum absolute atomic E-state index is 12.4. The Hall–Kier alpha value is -2.01. The number of ether oxygens (including phenoxy) is 2. The van der Waals surface area contributed by atoms with Gasteiger partial charge in [-0.2, -0.15) is 0 Å². The molecule has 1 saturated carbocycles. The number of amides is 1. The third kappa shape index (κ3) is 5.99. The van der Waals surface area contributed by atoms with Crippen molar-refractivity contribution in [2.75, 3.05) is 34.4 Å². The molecule has 2 rings (SSSR count). The van der Waals surface area contributed by atoms with Crippen LogP contribution in [0, 0.1) is 0 Å². The van der Waals surface area contributed by atoms with Crippen LogP contribution < -0.4 is 14.8 Å². The Labute approximate surface area is 163 Å². The number of carbonyl (C=O) groups excluding carboxylic acids is 1. The monoisotopic (exact) mass is 374 g/mol. The zero-order chi connectivity index (χ0) is 19.7. The highest BCUT2D eigenvalue weighted by molar-refractivity contribution is 5.91. The summed E-state index contributed by atoms with van der Waals surface area (Å²) in [6.07, 6.45) is 10.7. The molecule has 5 heteroatoms. The summed E-state index contributed by atoms with van der Waals surface area (Å²) in [7, 11) is 5.87. The van der Waals surface area contributed by atoms with Gasteiger partial charge < -0.3 is 19.7 Å². The molecule has 0 spiro atoms. The highest BCUT2D eigenvalue weighted by Gasteiger charge is 2.33. The molecule has 0 saturated heterocycles. The van der Waals surface area contributed by atoms with E-state index in [0.717, 1.165) is 18.4 Å². The number of carbonyl (C=O) groups is 1. The molecule has 27 heavy (non-hydrogen) atoms. The second kappa shape index (κ2) is 10.4. The van der Waals surface area contributed by atoms with Crippen molar-refractivity contribution in [2.24, 2.45) is 0 Å². The van der Waals surface area contributed by atoms with Crippen LogP contribution in [-0.4, -0.2) is 50.7 Å². The number of hydrogen-bond acceptors (Lipinski definition) is 4. The minimum absolute atomic E-state index is 0.0609. The third-order valence-electron chi connectivity index (χ3n) is 5.49. The van der Waals surface area contributed by atoms with Gasteiger partial charge in [0.25, 0.3) is 0 Å². The SMILES string of the molecule is CCOc1cc(/C=C\C(=O)NCC2(N(C)C)CCCCCC2)ccc1OC. The van der Waals surface area contributed by atoms with Gasteiger partial charge in [-0.3, -0.25) is 4.79 Å². The Bertz CT molecular complexity index is 632. The molecule has 0 aromatic heterocycles. The van der Waals surface area contributed by atoms with E-state index in [4.69, 9.17) is 9.47 Å². The van der Waals surface area contributed by atoms with Gasteiger partial charge in [0, 0.05) is 18.2 Å². The molecule has 1 amide bonds. The van der Waals surface area contributed by atoms with E-state index in [1.54, 1.807) is 13.2 Å². The van der Waals surface area contributed by atoms with Crippen LogP contribution in [-0.2, 0) is 4.79 Å².